The van der Waals surface area contributed by atoms with Crippen molar-refractivity contribution in [3.05, 3.63) is 47.5 Å². The molecule has 0 saturated carbocycles. The molecule has 2 heterocycles. The number of anilines is 2. The van der Waals surface area contributed by atoms with E-state index < -0.39 is 11.7 Å². The molecule has 1 N–H and O–H groups in total. The summed E-state index contributed by atoms with van der Waals surface area (Å²) in [7, 11) is 0. The molecule has 0 bridgehead atoms. The summed E-state index contributed by atoms with van der Waals surface area (Å²) in [6.45, 7) is 4.54. The van der Waals surface area contributed by atoms with E-state index in [4.69, 9.17) is 4.74 Å². The Morgan fingerprint density at radius 2 is 1.91 bits per heavy atom. The van der Waals surface area contributed by atoms with Crippen LogP contribution in [0.15, 0.2) is 46.2 Å². The second-order valence-electron chi connectivity index (χ2n) is 8.70. The van der Waals surface area contributed by atoms with Gasteiger partial charge in [0.15, 0.2) is 0 Å². The van der Waals surface area contributed by atoms with Crippen LogP contribution < -0.4 is 5.32 Å². The van der Waals surface area contributed by atoms with Gasteiger partial charge in [-0.25, -0.2) is 0 Å². The quantitative estimate of drug-likeness (QED) is 0.392. The van der Waals surface area contributed by atoms with Crippen molar-refractivity contribution in [2.24, 2.45) is 5.92 Å². The van der Waals surface area contributed by atoms with Crippen molar-refractivity contribution in [2.45, 2.75) is 55.0 Å². The zero-order chi connectivity index (χ0) is 23.4. The number of likely N-dealkylation sites (tertiary alicyclic amines) is 1. The van der Waals surface area contributed by atoms with E-state index in [1.54, 1.807) is 6.07 Å². The number of carbonyl (C=O) groups is 1. The van der Waals surface area contributed by atoms with Crippen molar-refractivity contribution in [1.29, 1.82) is 0 Å². The van der Waals surface area contributed by atoms with E-state index in [9.17, 15) is 18.0 Å². The number of halogens is 3. The highest BCUT2D eigenvalue weighted by Crippen LogP contribution is 2.48. The number of benzene rings is 2. The number of piperidine rings is 1. The van der Waals surface area contributed by atoms with Gasteiger partial charge in [-0.1, -0.05) is 23.9 Å². The maximum Gasteiger partial charge on any atom is 0.416 e. The van der Waals surface area contributed by atoms with Crippen LogP contribution in [0.1, 0.15) is 43.7 Å². The lowest BCUT2D eigenvalue weighted by Gasteiger charge is -2.32. The van der Waals surface area contributed by atoms with Crippen LogP contribution in [-0.2, 0) is 22.1 Å². The predicted molar refractivity (Wildman–Crippen MR) is 124 cm³/mol. The monoisotopic (exact) mass is 478 g/mol. The predicted octanol–water partition coefficient (Wildman–Crippen LogP) is 6.51. The molecular formula is C25H29F3N2O2S. The molecule has 0 spiro atoms. The Bertz CT molecular complexity index is 988. The zero-order valence-electron chi connectivity index (χ0n) is 18.7. The molecule has 8 heteroatoms. The van der Waals surface area contributed by atoms with Gasteiger partial charge in [-0.3, -0.25) is 4.79 Å². The van der Waals surface area contributed by atoms with Gasteiger partial charge in [-0.2, -0.15) is 13.2 Å². The summed E-state index contributed by atoms with van der Waals surface area (Å²) in [6, 6.07) is 10.5. The van der Waals surface area contributed by atoms with Crippen molar-refractivity contribution >= 4 is 29.1 Å². The van der Waals surface area contributed by atoms with Gasteiger partial charge in [-0.05, 0) is 87.5 Å². The molecule has 0 atom stereocenters. The first kappa shape index (κ1) is 24.0. The number of nitrogens with one attached hydrogen (secondary N) is 1. The fraction of sp³-hybridized carbons (Fsp3) is 0.480. The molecule has 0 aromatic heterocycles. The average Bonchev–Trinajstić information content (AvgIpc) is 2.78. The second-order valence-corrected chi connectivity index (χ2v) is 9.79. The molecule has 2 aliphatic heterocycles. The van der Waals surface area contributed by atoms with Gasteiger partial charge >= 0.3 is 12.1 Å². The largest absolute Gasteiger partial charge is 0.466 e. The van der Waals surface area contributed by atoms with Gasteiger partial charge < -0.3 is 15.0 Å². The van der Waals surface area contributed by atoms with Gasteiger partial charge in [0.05, 0.1) is 23.5 Å². The van der Waals surface area contributed by atoms with Gasteiger partial charge in [-0.15, -0.1) is 0 Å². The topological polar surface area (TPSA) is 41.6 Å². The lowest BCUT2D eigenvalue weighted by molar-refractivity contribution is -0.141. The fourth-order valence-corrected chi connectivity index (χ4v) is 5.66. The minimum absolute atomic E-state index is 0.245. The Morgan fingerprint density at radius 1 is 1.15 bits per heavy atom. The molecule has 0 amide bonds. The van der Waals surface area contributed by atoms with Crippen LogP contribution in [0.4, 0.5) is 24.5 Å². The van der Waals surface area contributed by atoms with E-state index in [1.807, 2.05) is 24.3 Å². The van der Waals surface area contributed by atoms with Crippen molar-refractivity contribution in [3.63, 3.8) is 0 Å². The number of hydrogen-bond donors (Lipinski definition) is 1. The number of ether oxygens (including phenoxy) is 1. The molecule has 0 aliphatic carbocycles. The molecule has 0 unspecified atom stereocenters. The number of nitrogens with zero attached hydrogens (tertiary/aromatic N) is 1. The number of esters is 1. The SMILES string of the molecule is CC(=O)OCCC1CCN(CCCc2c(C(F)(F)F)ccc3c2Nc2ccccc2S3)CC1. The van der Waals surface area contributed by atoms with Crippen LogP contribution in [0.25, 0.3) is 0 Å². The van der Waals surface area contributed by atoms with Gasteiger partial charge in [0.2, 0.25) is 0 Å². The Labute approximate surface area is 196 Å². The molecule has 4 rings (SSSR count). The van der Waals surface area contributed by atoms with Gasteiger partial charge in [0.1, 0.15) is 0 Å². The van der Waals surface area contributed by atoms with E-state index in [1.165, 1.54) is 24.8 Å². The summed E-state index contributed by atoms with van der Waals surface area (Å²) in [5, 5.41) is 3.27. The first-order valence-corrected chi connectivity index (χ1v) is 12.3. The number of alkyl halides is 3. The molecule has 0 radical (unpaired) electrons. The lowest BCUT2D eigenvalue weighted by Crippen LogP contribution is -2.35. The van der Waals surface area contributed by atoms with E-state index >= 15 is 0 Å². The number of hydrogen-bond acceptors (Lipinski definition) is 5. The molecule has 1 saturated heterocycles. The van der Waals surface area contributed by atoms with Crippen LogP contribution in [0.5, 0.6) is 0 Å². The number of para-hydroxylation sites is 1. The van der Waals surface area contributed by atoms with Crippen molar-refractivity contribution in [1.82, 2.24) is 4.90 Å². The standard InChI is InChI=1S/C25H29F3N2O2S/c1-17(31)32-16-12-18-10-14-30(15-11-18)13-4-5-19-20(25(26,27)28)8-9-23-24(19)29-21-6-2-3-7-22(21)33-23/h2-3,6-9,18,29H,4-5,10-16H2,1H3. The number of rotatable bonds is 7. The molecule has 33 heavy (non-hydrogen) atoms. The van der Waals surface area contributed by atoms with E-state index in [0.717, 1.165) is 54.4 Å². The minimum atomic E-state index is -4.38. The molecule has 4 nitrogen and oxygen atoms in total. The molecule has 1 fully saturated rings. The first-order chi connectivity index (χ1) is 15.8. The van der Waals surface area contributed by atoms with Crippen LogP contribution in [0.3, 0.4) is 0 Å². The summed E-state index contributed by atoms with van der Waals surface area (Å²) in [6.07, 6.45) is -0.390. The van der Waals surface area contributed by atoms with E-state index in [0.29, 0.717) is 36.6 Å². The molecule has 2 aromatic rings. The highest BCUT2D eigenvalue weighted by atomic mass is 32.2. The van der Waals surface area contributed by atoms with Crippen LogP contribution in [0.2, 0.25) is 0 Å². The molecule has 2 aromatic carbocycles. The number of fused-ring (bicyclic) bond motifs is 2. The highest BCUT2D eigenvalue weighted by Gasteiger charge is 2.35. The Morgan fingerprint density at radius 3 is 2.64 bits per heavy atom. The second kappa shape index (κ2) is 10.4. The van der Waals surface area contributed by atoms with Crippen LogP contribution in [-0.4, -0.2) is 37.1 Å². The minimum Gasteiger partial charge on any atom is -0.466 e. The van der Waals surface area contributed by atoms with Crippen molar-refractivity contribution in [3.8, 4) is 0 Å². The maximum absolute atomic E-state index is 13.8. The van der Waals surface area contributed by atoms with Gasteiger partial charge in [0, 0.05) is 16.7 Å². The highest BCUT2D eigenvalue weighted by molar-refractivity contribution is 7.99. The third-order valence-electron chi connectivity index (χ3n) is 6.39. The van der Waals surface area contributed by atoms with Crippen molar-refractivity contribution in [2.75, 3.05) is 31.6 Å². The third-order valence-corrected chi connectivity index (χ3v) is 7.52. The van der Waals surface area contributed by atoms with Crippen molar-refractivity contribution < 1.29 is 22.7 Å². The smallest absolute Gasteiger partial charge is 0.416 e. The Kier molecular flexibility index (Phi) is 7.54. The molecular weight excluding hydrogens is 449 g/mol. The first-order valence-electron chi connectivity index (χ1n) is 11.4. The van der Waals surface area contributed by atoms with E-state index in [-0.39, 0.29) is 5.97 Å². The Hall–Kier alpha value is -2.19. The lowest BCUT2D eigenvalue weighted by atomic mass is 9.93. The van der Waals surface area contributed by atoms with E-state index in [2.05, 4.69) is 10.2 Å². The zero-order valence-corrected chi connectivity index (χ0v) is 19.5. The van der Waals surface area contributed by atoms with Crippen LogP contribution >= 0.6 is 11.8 Å². The average molecular weight is 479 g/mol. The number of carbonyl (C=O) groups excluding carboxylic acids is 1. The van der Waals surface area contributed by atoms with Crippen LogP contribution in [0, 0.1) is 5.92 Å². The molecule has 2 aliphatic rings. The summed E-state index contributed by atoms with van der Waals surface area (Å²) in [5.74, 6) is 0.296. The Balaban J connectivity index is 1.38. The maximum atomic E-state index is 13.8. The summed E-state index contributed by atoms with van der Waals surface area (Å²) < 4.78 is 46.5. The third kappa shape index (κ3) is 6.03. The normalized spacial score (nSPS) is 16.6. The molecule has 178 valence electrons. The summed E-state index contributed by atoms with van der Waals surface area (Å²) >= 11 is 1.51. The fourth-order valence-electron chi connectivity index (χ4n) is 4.63. The summed E-state index contributed by atoms with van der Waals surface area (Å²) in [5.41, 5.74) is 1.26. The summed E-state index contributed by atoms with van der Waals surface area (Å²) in [4.78, 5) is 15.1. The van der Waals surface area contributed by atoms with Gasteiger partial charge in [0.25, 0.3) is 0 Å².